The Morgan fingerprint density at radius 1 is 0.933 bits per heavy atom. The number of halogens is 2. The van der Waals surface area contributed by atoms with Crippen LogP contribution in [0.15, 0.2) is 42.5 Å². The summed E-state index contributed by atoms with van der Waals surface area (Å²) in [6.45, 7) is 0. The lowest BCUT2D eigenvalue weighted by Crippen LogP contribution is -1.79. The van der Waals surface area contributed by atoms with Crippen molar-refractivity contribution in [1.29, 1.82) is 0 Å². The second kappa shape index (κ2) is 4.13. The molecule has 1 nitrogen and oxygen atoms in total. The maximum Gasteiger partial charge on any atom is 0.117 e. The zero-order valence-electron chi connectivity index (χ0n) is 7.74. The average molecular weight is 239 g/mol. The van der Waals surface area contributed by atoms with E-state index in [1.54, 1.807) is 18.2 Å². The molecule has 0 aliphatic heterocycles. The first kappa shape index (κ1) is 10.3. The highest BCUT2D eigenvalue weighted by Gasteiger charge is 2.04. The van der Waals surface area contributed by atoms with E-state index >= 15 is 0 Å². The molecule has 0 fully saturated rings. The van der Waals surface area contributed by atoms with Gasteiger partial charge in [-0.25, -0.2) is 0 Å². The van der Waals surface area contributed by atoms with E-state index in [2.05, 4.69) is 0 Å². The van der Waals surface area contributed by atoms with Crippen LogP contribution in [0.2, 0.25) is 10.0 Å². The molecule has 0 amide bonds. The van der Waals surface area contributed by atoms with Crippen LogP contribution >= 0.6 is 23.2 Å². The Balaban J connectivity index is 2.59. The van der Waals surface area contributed by atoms with Gasteiger partial charge in [-0.15, -0.1) is 0 Å². The molecule has 0 radical (unpaired) electrons. The van der Waals surface area contributed by atoms with E-state index in [1.807, 2.05) is 18.2 Å². The molecule has 0 atom stereocenters. The number of phenols is 1. The second-order valence-corrected chi connectivity index (χ2v) is 4.02. The third kappa shape index (κ3) is 2.25. The fourth-order valence-corrected chi connectivity index (χ4v) is 1.90. The van der Waals surface area contributed by atoms with E-state index < -0.39 is 0 Å². The van der Waals surface area contributed by atoms with Crippen LogP contribution in [0.25, 0.3) is 11.1 Å². The summed E-state index contributed by atoms with van der Waals surface area (Å²) in [4.78, 5) is 0. The molecule has 2 rings (SSSR count). The van der Waals surface area contributed by atoms with Crippen LogP contribution in [0.1, 0.15) is 0 Å². The van der Waals surface area contributed by atoms with Gasteiger partial charge in [0.25, 0.3) is 0 Å². The summed E-state index contributed by atoms with van der Waals surface area (Å²) in [6.07, 6.45) is 0. The maximum absolute atomic E-state index is 9.42. The molecule has 76 valence electrons. The normalized spacial score (nSPS) is 10.3. The molecule has 0 saturated carbocycles. The number of benzene rings is 2. The topological polar surface area (TPSA) is 20.2 Å². The highest BCUT2D eigenvalue weighted by Crippen LogP contribution is 2.32. The lowest BCUT2D eigenvalue weighted by atomic mass is 10.1. The Morgan fingerprint density at radius 3 is 2.33 bits per heavy atom. The van der Waals surface area contributed by atoms with Gasteiger partial charge in [-0.1, -0.05) is 41.4 Å². The van der Waals surface area contributed by atoms with Gasteiger partial charge in [0.2, 0.25) is 0 Å². The summed E-state index contributed by atoms with van der Waals surface area (Å²) < 4.78 is 0. The zero-order valence-corrected chi connectivity index (χ0v) is 9.26. The van der Waals surface area contributed by atoms with E-state index in [1.165, 1.54) is 6.07 Å². The first-order valence-corrected chi connectivity index (χ1v) is 5.17. The highest BCUT2D eigenvalue weighted by molar-refractivity contribution is 6.33. The molecular formula is C12H8Cl2O. The largest absolute Gasteiger partial charge is 0.508 e. The van der Waals surface area contributed by atoms with Crippen molar-refractivity contribution in [2.75, 3.05) is 0 Å². The molecule has 0 aliphatic carbocycles. The van der Waals surface area contributed by atoms with E-state index in [0.717, 1.165) is 11.1 Å². The van der Waals surface area contributed by atoms with Crippen LogP contribution in [0.3, 0.4) is 0 Å². The number of rotatable bonds is 1. The van der Waals surface area contributed by atoms with Crippen molar-refractivity contribution >= 4 is 23.2 Å². The molecule has 15 heavy (non-hydrogen) atoms. The van der Waals surface area contributed by atoms with Gasteiger partial charge in [-0.3, -0.25) is 0 Å². The van der Waals surface area contributed by atoms with Crippen LogP contribution < -0.4 is 0 Å². The summed E-state index contributed by atoms with van der Waals surface area (Å²) in [5, 5.41) is 10.5. The second-order valence-electron chi connectivity index (χ2n) is 3.18. The van der Waals surface area contributed by atoms with Gasteiger partial charge in [0.1, 0.15) is 5.75 Å². The van der Waals surface area contributed by atoms with Crippen LogP contribution in [0.4, 0.5) is 0 Å². The fraction of sp³-hybridized carbons (Fsp3) is 0. The van der Waals surface area contributed by atoms with Gasteiger partial charge in [-0.2, -0.15) is 0 Å². The van der Waals surface area contributed by atoms with E-state index in [0.29, 0.717) is 10.0 Å². The molecule has 0 saturated heterocycles. The van der Waals surface area contributed by atoms with E-state index in [-0.39, 0.29) is 5.75 Å². The number of aromatic hydroxyl groups is 1. The zero-order chi connectivity index (χ0) is 10.8. The van der Waals surface area contributed by atoms with Crippen LogP contribution in [-0.4, -0.2) is 5.11 Å². The summed E-state index contributed by atoms with van der Waals surface area (Å²) >= 11 is 11.9. The standard InChI is InChI=1S/C12H8Cl2O/c13-9-5-8(6-10(15)7-9)11-3-1-2-4-12(11)14/h1-7,15H. The molecule has 0 unspecified atom stereocenters. The SMILES string of the molecule is Oc1cc(Cl)cc(-c2ccccc2Cl)c1. The monoisotopic (exact) mass is 238 g/mol. The molecule has 0 aliphatic rings. The lowest BCUT2D eigenvalue weighted by Gasteiger charge is -2.05. The van der Waals surface area contributed by atoms with Crippen LogP contribution in [-0.2, 0) is 0 Å². The molecule has 0 heterocycles. The van der Waals surface area contributed by atoms with Crippen molar-refractivity contribution in [3.63, 3.8) is 0 Å². The summed E-state index contributed by atoms with van der Waals surface area (Å²) in [5.74, 6) is 0.136. The average Bonchev–Trinajstić information content (AvgIpc) is 2.16. The number of phenolic OH excluding ortho intramolecular Hbond substituents is 1. The lowest BCUT2D eigenvalue weighted by molar-refractivity contribution is 0.475. The van der Waals surface area contributed by atoms with Gasteiger partial charge in [0.05, 0.1) is 0 Å². The quantitative estimate of drug-likeness (QED) is 0.783. The number of hydrogen-bond donors (Lipinski definition) is 1. The van der Waals surface area contributed by atoms with Gasteiger partial charge >= 0.3 is 0 Å². The van der Waals surface area contributed by atoms with Gasteiger partial charge in [0.15, 0.2) is 0 Å². The van der Waals surface area contributed by atoms with Gasteiger partial charge in [-0.05, 0) is 29.8 Å². The van der Waals surface area contributed by atoms with Crippen molar-refractivity contribution in [3.8, 4) is 16.9 Å². The molecule has 1 N–H and O–H groups in total. The first-order chi connectivity index (χ1) is 7.16. The van der Waals surface area contributed by atoms with Crippen molar-refractivity contribution < 1.29 is 5.11 Å². The van der Waals surface area contributed by atoms with Crippen molar-refractivity contribution in [2.45, 2.75) is 0 Å². The summed E-state index contributed by atoms with van der Waals surface area (Å²) in [7, 11) is 0. The molecule has 2 aromatic rings. The van der Waals surface area contributed by atoms with Gasteiger partial charge in [0, 0.05) is 15.6 Å². The molecular weight excluding hydrogens is 231 g/mol. The first-order valence-electron chi connectivity index (χ1n) is 4.41. The summed E-state index contributed by atoms with van der Waals surface area (Å²) in [6, 6.07) is 12.3. The minimum absolute atomic E-state index is 0.136. The van der Waals surface area contributed by atoms with E-state index in [4.69, 9.17) is 23.2 Å². The van der Waals surface area contributed by atoms with Crippen LogP contribution in [0.5, 0.6) is 5.75 Å². The molecule has 0 aromatic heterocycles. The predicted molar refractivity (Wildman–Crippen MR) is 63.6 cm³/mol. The molecule has 3 heteroatoms. The Hall–Kier alpha value is -1.18. The Morgan fingerprint density at radius 2 is 1.67 bits per heavy atom. The van der Waals surface area contributed by atoms with E-state index in [9.17, 15) is 5.11 Å². The Kier molecular flexibility index (Phi) is 2.85. The molecule has 0 bridgehead atoms. The Bertz CT molecular complexity index is 474. The highest BCUT2D eigenvalue weighted by atomic mass is 35.5. The van der Waals surface area contributed by atoms with Crippen molar-refractivity contribution in [1.82, 2.24) is 0 Å². The van der Waals surface area contributed by atoms with Gasteiger partial charge < -0.3 is 5.11 Å². The minimum atomic E-state index is 0.136. The Labute approximate surface area is 97.9 Å². The fourth-order valence-electron chi connectivity index (χ4n) is 1.42. The third-order valence-corrected chi connectivity index (χ3v) is 2.62. The van der Waals surface area contributed by atoms with Crippen molar-refractivity contribution in [3.05, 3.63) is 52.5 Å². The molecule has 2 aromatic carbocycles. The minimum Gasteiger partial charge on any atom is -0.508 e. The smallest absolute Gasteiger partial charge is 0.117 e. The maximum atomic E-state index is 9.42. The van der Waals surface area contributed by atoms with Crippen LogP contribution in [0, 0.1) is 0 Å². The predicted octanol–water partition coefficient (Wildman–Crippen LogP) is 4.37. The number of hydrogen-bond acceptors (Lipinski definition) is 1. The third-order valence-electron chi connectivity index (χ3n) is 2.07. The van der Waals surface area contributed by atoms with Crippen molar-refractivity contribution in [2.24, 2.45) is 0 Å². The molecule has 0 spiro atoms. The summed E-state index contributed by atoms with van der Waals surface area (Å²) in [5.41, 5.74) is 1.67.